The standard InChI is InChI=1S/C17H23NO4/c1-17(2,3)22-16(21)18-11-13(10-14(18)15(19)20)9-12-7-5-4-6-8-12/h4-8,13-14H,9-11H2,1-3H3,(H,19,20)/t13-,14-/m0/s1. The molecular formula is C17H23NO4. The van der Waals surface area contributed by atoms with Crippen LogP contribution in [0.25, 0.3) is 0 Å². The fourth-order valence-corrected chi connectivity index (χ4v) is 2.77. The lowest BCUT2D eigenvalue weighted by Crippen LogP contribution is -2.43. The maximum absolute atomic E-state index is 12.2. The molecule has 0 aliphatic carbocycles. The number of carboxylic acids is 1. The van der Waals surface area contributed by atoms with Crippen LogP contribution in [-0.4, -0.2) is 40.3 Å². The van der Waals surface area contributed by atoms with Crippen molar-refractivity contribution in [3.63, 3.8) is 0 Å². The minimum absolute atomic E-state index is 0.135. The molecule has 2 atom stereocenters. The third kappa shape index (κ3) is 4.23. The van der Waals surface area contributed by atoms with E-state index in [0.29, 0.717) is 13.0 Å². The number of hydrogen-bond acceptors (Lipinski definition) is 3. The fraction of sp³-hybridized carbons (Fsp3) is 0.529. The van der Waals surface area contributed by atoms with E-state index in [2.05, 4.69) is 0 Å². The molecule has 1 saturated heterocycles. The largest absolute Gasteiger partial charge is 0.480 e. The fourth-order valence-electron chi connectivity index (χ4n) is 2.77. The third-order valence-electron chi connectivity index (χ3n) is 3.67. The summed E-state index contributed by atoms with van der Waals surface area (Å²) in [5, 5.41) is 9.37. The molecular weight excluding hydrogens is 282 g/mol. The Labute approximate surface area is 130 Å². The van der Waals surface area contributed by atoms with E-state index in [-0.39, 0.29) is 5.92 Å². The number of amides is 1. The van der Waals surface area contributed by atoms with Crippen LogP contribution in [0.15, 0.2) is 30.3 Å². The van der Waals surface area contributed by atoms with Crippen LogP contribution in [0.1, 0.15) is 32.8 Å². The summed E-state index contributed by atoms with van der Waals surface area (Å²) in [6.45, 7) is 5.75. The summed E-state index contributed by atoms with van der Waals surface area (Å²) < 4.78 is 5.32. The van der Waals surface area contributed by atoms with Crippen molar-refractivity contribution in [1.82, 2.24) is 4.90 Å². The zero-order valence-electron chi connectivity index (χ0n) is 13.3. The van der Waals surface area contributed by atoms with Crippen molar-refractivity contribution >= 4 is 12.1 Å². The van der Waals surface area contributed by atoms with Crippen LogP contribution in [0.3, 0.4) is 0 Å². The number of rotatable bonds is 3. The van der Waals surface area contributed by atoms with Gasteiger partial charge in [0, 0.05) is 6.54 Å². The molecule has 1 N–H and O–H groups in total. The Bertz CT molecular complexity index is 535. The Kier molecular flexibility index (Phi) is 4.74. The Balaban J connectivity index is 2.06. The number of hydrogen-bond donors (Lipinski definition) is 1. The normalized spacial score (nSPS) is 21.7. The molecule has 120 valence electrons. The first-order valence-corrected chi connectivity index (χ1v) is 7.52. The minimum Gasteiger partial charge on any atom is -0.480 e. The van der Waals surface area contributed by atoms with Gasteiger partial charge >= 0.3 is 12.1 Å². The molecule has 1 aromatic carbocycles. The second-order valence-electron chi connectivity index (χ2n) is 6.78. The summed E-state index contributed by atoms with van der Waals surface area (Å²) in [5.74, 6) is -0.836. The molecule has 1 aliphatic heterocycles. The SMILES string of the molecule is CC(C)(C)OC(=O)N1C[C@@H](Cc2ccccc2)C[C@H]1C(=O)O. The van der Waals surface area contributed by atoms with E-state index in [1.165, 1.54) is 4.90 Å². The molecule has 0 spiro atoms. The van der Waals surface area contributed by atoms with E-state index in [1.54, 1.807) is 20.8 Å². The van der Waals surface area contributed by atoms with Crippen molar-refractivity contribution in [1.29, 1.82) is 0 Å². The number of aliphatic carboxylic acids is 1. The summed E-state index contributed by atoms with van der Waals surface area (Å²) in [6, 6.07) is 9.11. The van der Waals surface area contributed by atoms with E-state index in [0.717, 1.165) is 12.0 Å². The molecule has 1 heterocycles. The van der Waals surface area contributed by atoms with E-state index in [1.807, 2.05) is 30.3 Å². The summed E-state index contributed by atoms with van der Waals surface area (Å²) in [6.07, 6.45) is 0.684. The lowest BCUT2D eigenvalue weighted by molar-refractivity contribution is -0.142. The predicted molar refractivity (Wildman–Crippen MR) is 82.6 cm³/mol. The zero-order valence-corrected chi connectivity index (χ0v) is 13.3. The van der Waals surface area contributed by atoms with Crippen molar-refractivity contribution in [2.45, 2.75) is 45.3 Å². The molecule has 5 nitrogen and oxygen atoms in total. The van der Waals surface area contributed by atoms with Crippen molar-refractivity contribution in [2.24, 2.45) is 5.92 Å². The molecule has 1 fully saturated rings. The first-order valence-electron chi connectivity index (χ1n) is 7.52. The molecule has 1 aliphatic rings. The molecule has 0 bridgehead atoms. The first-order chi connectivity index (χ1) is 10.3. The smallest absolute Gasteiger partial charge is 0.411 e. The molecule has 0 aromatic heterocycles. The van der Waals surface area contributed by atoms with Crippen molar-refractivity contribution in [3.05, 3.63) is 35.9 Å². The van der Waals surface area contributed by atoms with E-state index in [9.17, 15) is 14.7 Å². The van der Waals surface area contributed by atoms with Crippen LogP contribution >= 0.6 is 0 Å². The molecule has 1 amide bonds. The van der Waals surface area contributed by atoms with Gasteiger partial charge < -0.3 is 9.84 Å². The van der Waals surface area contributed by atoms with E-state index >= 15 is 0 Å². The topological polar surface area (TPSA) is 66.8 Å². The molecule has 2 rings (SSSR count). The predicted octanol–water partition coefficient (Wildman–Crippen LogP) is 2.94. The zero-order chi connectivity index (χ0) is 16.3. The van der Waals surface area contributed by atoms with Gasteiger partial charge in [0.2, 0.25) is 0 Å². The van der Waals surface area contributed by atoms with Gasteiger partial charge in [-0.3, -0.25) is 4.90 Å². The molecule has 0 unspecified atom stereocenters. The quantitative estimate of drug-likeness (QED) is 0.932. The summed E-state index contributed by atoms with van der Waals surface area (Å²) >= 11 is 0. The van der Waals surface area contributed by atoms with Crippen LogP contribution in [-0.2, 0) is 16.0 Å². The highest BCUT2D eigenvalue weighted by Crippen LogP contribution is 2.28. The highest BCUT2D eigenvalue weighted by atomic mass is 16.6. The van der Waals surface area contributed by atoms with Crippen LogP contribution in [0, 0.1) is 5.92 Å². The monoisotopic (exact) mass is 305 g/mol. The maximum atomic E-state index is 12.2. The summed E-state index contributed by atoms with van der Waals surface area (Å²) in [4.78, 5) is 25.0. The average molecular weight is 305 g/mol. The van der Waals surface area contributed by atoms with Gasteiger partial charge in [-0.15, -0.1) is 0 Å². The molecule has 1 aromatic rings. The van der Waals surface area contributed by atoms with Gasteiger partial charge in [-0.2, -0.15) is 0 Å². The van der Waals surface area contributed by atoms with Crippen molar-refractivity contribution in [3.8, 4) is 0 Å². The number of likely N-dealkylation sites (tertiary alicyclic amines) is 1. The van der Waals surface area contributed by atoms with Crippen molar-refractivity contribution < 1.29 is 19.4 Å². The summed E-state index contributed by atoms with van der Waals surface area (Å²) in [5.41, 5.74) is 0.528. The van der Waals surface area contributed by atoms with Crippen LogP contribution < -0.4 is 0 Å². The van der Waals surface area contributed by atoms with Crippen molar-refractivity contribution in [2.75, 3.05) is 6.54 Å². The average Bonchev–Trinajstić information content (AvgIpc) is 2.82. The highest BCUT2D eigenvalue weighted by Gasteiger charge is 2.41. The highest BCUT2D eigenvalue weighted by molar-refractivity contribution is 5.81. The Morgan fingerprint density at radius 3 is 2.45 bits per heavy atom. The number of carboxylic acid groups (broad SMARTS) is 1. The number of ether oxygens (including phenoxy) is 1. The van der Waals surface area contributed by atoms with Crippen LogP contribution in [0.2, 0.25) is 0 Å². The molecule has 0 saturated carbocycles. The maximum Gasteiger partial charge on any atom is 0.411 e. The van der Waals surface area contributed by atoms with E-state index in [4.69, 9.17) is 4.74 Å². The van der Waals surface area contributed by atoms with Gasteiger partial charge in [-0.1, -0.05) is 30.3 Å². The van der Waals surface area contributed by atoms with Gasteiger partial charge in [-0.25, -0.2) is 9.59 Å². The number of carbonyl (C=O) groups is 2. The second-order valence-corrected chi connectivity index (χ2v) is 6.78. The van der Waals surface area contributed by atoms with Gasteiger partial charge in [0.05, 0.1) is 0 Å². The Hall–Kier alpha value is -2.04. The van der Waals surface area contributed by atoms with Gasteiger partial charge in [0.1, 0.15) is 11.6 Å². The minimum atomic E-state index is -0.971. The summed E-state index contributed by atoms with van der Waals surface area (Å²) in [7, 11) is 0. The molecule has 0 radical (unpaired) electrons. The lowest BCUT2D eigenvalue weighted by atomic mass is 9.97. The van der Waals surface area contributed by atoms with Crippen LogP contribution in [0.5, 0.6) is 0 Å². The third-order valence-corrected chi connectivity index (χ3v) is 3.67. The number of benzene rings is 1. The van der Waals surface area contributed by atoms with E-state index < -0.39 is 23.7 Å². The number of nitrogens with zero attached hydrogens (tertiary/aromatic N) is 1. The Morgan fingerprint density at radius 2 is 1.91 bits per heavy atom. The van der Waals surface area contributed by atoms with Gasteiger partial charge in [-0.05, 0) is 45.1 Å². The molecule has 5 heteroatoms. The molecule has 22 heavy (non-hydrogen) atoms. The number of carbonyl (C=O) groups excluding carboxylic acids is 1. The van der Waals surface area contributed by atoms with Gasteiger partial charge in [0.25, 0.3) is 0 Å². The Morgan fingerprint density at radius 1 is 1.27 bits per heavy atom. The lowest BCUT2D eigenvalue weighted by Gasteiger charge is -2.26. The second kappa shape index (κ2) is 6.38. The van der Waals surface area contributed by atoms with Gasteiger partial charge in [0.15, 0.2) is 0 Å². The first kappa shape index (κ1) is 16.3. The van der Waals surface area contributed by atoms with Crippen LogP contribution in [0.4, 0.5) is 4.79 Å².